The van der Waals surface area contributed by atoms with E-state index in [2.05, 4.69) is 24.1 Å². The fourth-order valence-electron chi connectivity index (χ4n) is 3.80. The quantitative estimate of drug-likeness (QED) is 0.435. The SMILES string of the molecule is CCN(CC)C(CNCC(=O)c1ccc(S(=O)(=O)N(CC)CC)cc1)c1ccccc1Cl. The molecule has 2 aromatic carbocycles. The molecule has 0 aliphatic rings. The predicted molar refractivity (Wildman–Crippen MR) is 131 cm³/mol. The summed E-state index contributed by atoms with van der Waals surface area (Å²) in [6.45, 7) is 11.1. The Morgan fingerprint density at radius 1 is 0.938 bits per heavy atom. The van der Waals surface area contributed by atoms with E-state index in [4.69, 9.17) is 11.6 Å². The third-order valence-electron chi connectivity index (χ3n) is 5.66. The smallest absolute Gasteiger partial charge is 0.243 e. The summed E-state index contributed by atoms with van der Waals surface area (Å²) in [5.41, 5.74) is 1.51. The third kappa shape index (κ3) is 6.39. The van der Waals surface area contributed by atoms with Crippen LogP contribution in [0.3, 0.4) is 0 Å². The minimum absolute atomic E-state index is 0.0492. The molecule has 0 radical (unpaired) electrons. The second-order valence-electron chi connectivity index (χ2n) is 7.43. The molecule has 1 unspecified atom stereocenters. The summed E-state index contributed by atoms with van der Waals surface area (Å²) in [7, 11) is -3.53. The molecule has 0 aromatic heterocycles. The lowest BCUT2D eigenvalue weighted by Crippen LogP contribution is -2.37. The highest BCUT2D eigenvalue weighted by molar-refractivity contribution is 7.89. The number of ketones is 1. The van der Waals surface area contributed by atoms with Crippen molar-refractivity contribution in [2.45, 2.75) is 38.6 Å². The van der Waals surface area contributed by atoms with Gasteiger partial charge in [-0.25, -0.2) is 8.42 Å². The van der Waals surface area contributed by atoms with Crippen molar-refractivity contribution >= 4 is 27.4 Å². The first-order chi connectivity index (χ1) is 15.3. The average molecular weight is 480 g/mol. The summed E-state index contributed by atoms with van der Waals surface area (Å²) in [5, 5.41) is 3.97. The first kappa shape index (κ1) is 26.5. The number of nitrogens with zero attached hydrogens (tertiary/aromatic N) is 2. The minimum Gasteiger partial charge on any atom is -0.308 e. The van der Waals surface area contributed by atoms with E-state index >= 15 is 0 Å². The van der Waals surface area contributed by atoms with Gasteiger partial charge in [-0.05, 0) is 36.9 Å². The molecule has 1 atom stereocenters. The maximum Gasteiger partial charge on any atom is 0.243 e. The first-order valence-corrected chi connectivity index (χ1v) is 12.9. The Morgan fingerprint density at radius 3 is 2.06 bits per heavy atom. The van der Waals surface area contributed by atoms with Crippen LogP contribution in [0, 0.1) is 0 Å². The van der Waals surface area contributed by atoms with E-state index in [0.717, 1.165) is 18.7 Å². The maximum absolute atomic E-state index is 12.7. The Balaban J connectivity index is 2.07. The van der Waals surface area contributed by atoms with Crippen molar-refractivity contribution in [3.8, 4) is 0 Å². The van der Waals surface area contributed by atoms with Crippen LogP contribution in [0.1, 0.15) is 49.7 Å². The molecule has 6 nitrogen and oxygen atoms in total. The van der Waals surface area contributed by atoms with E-state index in [1.165, 1.54) is 16.4 Å². The Morgan fingerprint density at radius 2 is 1.53 bits per heavy atom. The number of benzene rings is 2. The van der Waals surface area contributed by atoms with E-state index in [0.29, 0.717) is 30.2 Å². The lowest BCUT2D eigenvalue weighted by Gasteiger charge is -2.31. The molecule has 0 aliphatic heterocycles. The van der Waals surface area contributed by atoms with Crippen molar-refractivity contribution in [1.29, 1.82) is 0 Å². The number of Topliss-reactive ketones (excluding diaryl/α,β-unsaturated/α-hetero) is 1. The van der Waals surface area contributed by atoms with Crippen molar-refractivity contribution in [3.05, 3.63) is 64.7 Å². The monoisotopic (exact) mass is 479 g/mol. The molecule has 0 saturated heterocycles. The van der Waals surface area contributed by atoms with Gasteiger partial charge in [0.25, 0.3) is 0 Å². The second-order valence-corrected chi connectivity index (χ2v) is 9.77. The van der Waals surface area contributed by atoms with Crippen molar-refractivity contribution in [2.75, 3.05) is 39.3 Å². The van der Waals surface area contributed by atoms with Gasteiger partial charge >= 0.3 is 0 Å². The molecule has 0 heterocycles. The van der Waals surface area contributed by atoms with E-state index in [1.54, 1.807) is 26.0 Å². The highest BCUT2D eigenvalue weighted by Gasteiger charge is 2.22. The van der Waals surface area contributed by atoms with Gasteiger partial charge in [-0.15, -0.1) is 0 Å². The van der Waals surface area contributed by atoms with Crippen LogP contribution in [-0.2, 0) is 10.0 Å². The maximum atomic E-state index is 12.7. The van der Waals surface area contributed by atoms with Gasteiger partial charge in [0.05, 0.1) is 11.4 Å². The summed E-state index contributed by atoms with van der Waals surface area (Å²) in [4.78, 5) is 15.2. The van der Waals surface area contributed by atoms with Crippen LogP contribution in [0.2, 0.25) is 5.02 Å². The van der Waals surface area contributed by atoms with Gasteiger partial charge in [-0.2, -0.15) is 4.31 Å². The molecule has 1 N–H and O–H groups in total. The molecule has 0 saturated carbocycles. The number of hydrogen-bond donors (Lipinski definition) is 1. The fraction of sp³-hybridized carbons (Fsp3) is 0.458. The summed E-state index contributed by atoms with van der Waals surface area (Å²) in [5.74, 6) is -0.0887. The van der Waals surface area contributed by atoms with Gasteiger partial charge in [0.1, 0.15) is 0 Å². The van der Waals surface area contributed by atoms with Crippen molar-refractivity contribution in [3.63, 3.8) is 0 Å². The van der Waals surface area contributed by atoms with Crippen LogP contribution in [0.5, 0.6) is 0 Å². The topological polar surface area (TPSA) is 69.7 Å². The van der Waals surface area contributed by atoms with E-state index < -0.39 is 10.0 Å². The zero-order chi connectivity index (χ0) is 23.7. The lowest BCUT2D eigenvalue weighted by atomic mass is 10.0. The highest BCUT2D eigenvalue weighted by atomic mass is 35.5. The summed E-state index contributed by atoms with van der Waals surface area (Å²) in [6.07, 6.45) is 0. The lowest BCUT2D eigenvalue weighted by molar-refractivity contribution is 0.0986. The molecule has 0 aliphatic carbocycles. The van der Waals surface area contributed by atoms with Crippen molar-refractivity contribution < 1.29 is 13.2 Å². The molecular formula is C24H34ClN3O3S. The number of hydrogen-bond acceptors (Lipinski definition) is 5. The molecule has 2 rings (SSSR count). The number of likely N-dealkylation sites (N-methyl/N-ethyl adjacent to an activating group) is 1. The zero-order valence-electron chi connectivity index (χ0n) is 19.3. The molecule has 0 amide bonds. The number of sulfonamides is 1. The normalized spacial score (nSPS) is 13.0. The van der Waals surface area contributed by atoms with Crippen LogP contribution < -0.4 is 5.32 Å². The molecule has 8 heteroatoms. The van der Waals surface area contributed by atoms with E-state index in [-0.39, 0.29) is 23.3 Å². The summed E-state index contributed by atoms with van der Waals surface area (Å²) >= 11 is 6.44. The van der Waals surface area contributed by atoms with Gasteiger partial charge in [0.15, 0.2) is 5.78 Å². The van der Waals surface area contributed by atoms with Crippen LogP contribution >= 0.6 is 11.6 Å². The Kier molecular flexibility index (Phi) is 10.3. The van der Waals surface area contributed by atoms with Gasteiger partial charge in [0.2, 0.25) is 10.0 Å². The molecule has 32 heavy (non-hydrogen) atoms. The summed E-state index contributed by atoms with van der Waals surface area (Å²) < 4.78 is 26.6. The Hall–Kier alpha value is -1.77. The highest BCUT2D eigenvalue weighted by Crippen LogP contribution is 2.27. The van der Waals surface area contributed by atoms with E-state index in [9.17, 15) is 13.2 Å². The second kappa shape index (κ2) is 12.5. The van der Waals surface area contributed by atoms with Crippen LogP contribution in [0.15, 0.2) is 53.4 Å². The fourth-order valence-corrected chi connectivity index (χ4v) is 5.52. The molecule has 176 valence electrons. The molecule has 0 spiro atoms. The van der Waals surface area contributed by atoms with Crippen molar-refractivity contribution in [1.82, 2.24) is 14.5 Å². The van der Waals surface area contributed by atoms with Crippen LogP contribution in [0.4, 0.5) is 0 Å². The Bertz CT molecular complexity index is 972. The number of halogens is 1. The van der Waals surface area contributed by atoms with Gasteiger partial charge < -0.3 is 5.32 Å². The molecular weight excluding hydrogens is 446 g/mol. The number of carbonyl (C=O) groups is 1. The number of nitrogens with one attached hydrogen (secondary N) is 1. The van der Waals surface area contributed by atoms with E-state index in [1.807, 2.05) is 24.3 Å². The van der Waals surface area contributed by atoms with Crippen LogP contribution in [-0.4, -0.2) is 62.7 Å². The Labute approximate surface area is 197 Å². The molecule has 2 aromatic rings. The number of rotatable bonds is 13. The van der Waals surface area contributed by atoms with Crippen LogP contribution in [0.25, 0.3) is 0 Å². The first-order valence-electron chi connectivity index (χ1n) is 11.1. The van der Waals surface area contributed by atoms with Gasteiger partial charge in [-0.3, -0.25) is 9.69 Å². The third-order valence-corrected chi connectivity index (χ3v) is 8.07. The van der Waals surface area contributed by atoms with Crippen molar-refractivity contribution in [2.24, 2.45) is 0 Å². The largest absolute Gasteiger partial charge is 0.308 e. The van der Waals surface area contributed by atoms with Gasteiger partial charge in [0, 0.05) is 36.3 Å². The predicted octanol–water partition coefficient (Wildman–Crippen LogP) is 4.23. The molecule has 0 bridgehead atoms. The summed E-state index contributed by atoms with van der Waals surface area (Å²) in [6, 6.07) is 14.0. The number of carbonyl (C=O) groups excluding carboxylic acids is 1. The minimum atomic E-state index is -3.53. The molecule has 0 fully saturated rings. The zero-order valence-corrected chi connectivity index (χ0v) is 20.9. The van der Waals surface area contributed by atoms with Gasteiger partial charge in [-0.1, -0.05) is 69.6 Å². The standard InChI is InChI=1S/C24H34ClN3O3S/c1-5-27(6-2)23(21-11-9-10-12-22(21)25)17-26-18-24(29)19-13-15-20(16-14-19)32(30,31)28(7-3)8-4/h9-16,23,26H,5-8,17-18H2,1-4H3. The average Bonchev–Trinajstić information content (AvgIpc) is 2.80.